The third kappa shape index (κ3) is 5.53. The zero-order valence-corrected chi connectivity index (χ0v) is 19.5. The molecule has 5 nitrogen and oxygen atoms in total. The molecular formula is C22H35IN4O. The molecule has 0 bridgehead atoms. The van der Waals surface area contributed by atoms with Crippen molar-refractivity contribution in [3.63, 3.8) is 0 Å². The normalized spacial score (nSPS) is 25.7. The molecule has 2 aliphatic carbocycles. The van der Waals surface area contributed by atoms with Crippen LogP contribution < -0.4 is 15.4 Å². The monoisotopic (exact) mass is 498 g/mol. The van der Waals surface area contributed by atoms with Crippen molar-refractivity contribution < 1.29 is 4.74 Å². The van der Waals surface area contributed by atoms with E-state index < -0.39 is 0 Å². The van der Waals surface area contributed by atoms with Gasteiger partial charge in [-0.2, -0.15) is 0 Å². The van der Waals surface area contributed by atoms with Gasteiger partial charge in [0.2, 0.25) is 0 Å². The van der Waals surface area contributed by atoms with Gasteiger partial charge in [-0.1, -0.05) is 18.2 Å². The zero-order chi connectivity index (χ0) is 18.6. The number of halogens is 1. The molecule has 1 saturated heterocycles. The lowest BCUT2D eigenvalue weighted by Crippen LogP contribution is -2.44. The molecule has 2 atom stereocenters. The van der Waals surface area contributed by atoms with Crippen LogP contribution in [0.3, 0.4) is 0 Å². The first kappa shape index (κ1) is 21.7. The Hall–Kier alpha value is -1.02. The van der Waals surface area contributed by atoms with Crippen LogP contribution in [0.2, 0.25) is 0 Å². The van der Waals surface area contributed by atoms with Crippen molar-refractivity contribution in [1.29, 1.82) is 0 Å². The molecule has 2 N–H and O–H groups in total. The Bertz CT molecular complexity index is 660. The van der Waals surface area contributed by atoms with Crippen LogP contribution in [-0.4, -0.2) is 48.2 Å². The number of aliphatic imine (C=N–C) groups is 1. The molecule has 2 unspecified atom stereocenters. The van der Waals surface area contributed by atoms with Gasteiger partial charge in [-0.15, -0.1) is 24.0 Å². The molecule has 1 aromatic rings. The number of guanidine groups is 1. The summed E-state index contributed by atoms with van der Waals surface area (Å²) < 4.78 is 6.15. The van der Waals surface area contributed by atoms with E-state index in [1.807, 2.05) is 0 Å². The van der Waals surface area contributed by atoms with E-state index in [0.717, 1.165) is 30.8 Å². The molecule has 0 aromatic heterocycles. The summed E-state index contributed by atoms with van der Waals surface area (Å²) in [5.41, 5.74) is 1.17. The van der Waals surface area contributed by atoms with E-state index in [1.165, 1.54) is 44.1 Å². The van der Waals surface area contributed by atoms with Gasteiger partial charge in [0.05, 0.1) is 12.6 Å². The van der Waals surface area contributed by atoms with Crippen molar-refractivity contribution in [2.24, 2.45) is 4.99 Å². The Morgan fingerprint density at radius 1 is 1.21 bits per heavy atom. The largest absolute Gasteiger partial charge is 0.490 e. The Labute approximate surface area is 186 Å². The van der Waals surface area contributed by atoms with Gasteiger partial charge in [0.1, 0.15) is 5.75 Å². The lowest BCUT2D eigenvalue weighted by molar-refractivity contribution is 0.119. The molecule has 2 saturated carbocycles. The van der Waals surface area contributed by atoms with Crippen LogP contribution in [0.15, 0.2) is 29.3 Å². The highest BCUT2D eigenvalue weighted by atomic mass is 127. The van der Waals surface area contributed by atoms with Crippen molar-refractivity contribution in [1.82, 2.24) is 15.5 Å². The van der Waals surface area contributed by atoms with E-state index in [-0.39, 0.29) is 24.0 Å². The number of rotatable bonds is 7. The van der Waals surface area contributed by atoms with E-state index in [1.54, 1.807) is 0 Å². The number of benzene rings is 1. The highest BCUT2D eigenvalue weighted by molar-refractivity contribution is 14.0. The van der Waals surface area contributed by atoms with Crippen LogP contribution in [0.25, 0.3) is 0 Å². The van der Waals surface area contributed by atoms with Crippen LogP contribution in [0, 0.1) is 0 Å². The molecule has 28 heavy (non-hydrogen) atoms. The molecule has 4 rings (SSSR count). The molecule has 3 aliphatic rings. The molecule has 0 radical (unpaired) electrons. The first-order valence-electron chi connectivity index (χ1n) is 10.8. The number of likely N-dealkylation sites (tertiary alicyclic amines) is 1. The Kier molecular flexibility index (Phi) is 7.85. The Morgan fingerprint density at radius 3 is 2.68 bits per heavy atom. The summed E-state index contributed by atoms with van der Waals surface area (Å²) >= 11 is 0. The number of nitrogens with zero attached hydrogens (tertiary/aromatic N) is 2. The summed E-state index contributed by atoms with van der Waals surface area (Å²) in [6.45, 7) is 7.14. The van der Waals surface area contributed by atoms with E-state index in [0.29, 0.717) is 24.7 Å². The molecule has 156 valence electrons. The van der Waals surface area contributed by atoms with Crippen molar-refractivity contribution in [3.05, 3.63) is 29.8 Å². The van der Waals surface area contributed by atoms with E-state index in [2.05, 4.69) is 53.6 Å². The summed E-state index contributed by atoms with van der Waals surface area (Å²) in [6, 6.07) is 10.3. The van der Waals surface area contributed by atoms with Gasteiger partial charge in [0, 0.05) is 36.8 Å². The predicted molar refractivity (Wildman–Crippen MR) is 126 cm³/mol. The second-order valence-corrected chi connectivity index (χ2v) is 8.33. The first-order chi connectivity index (χ1) is 13.2. The molecule has 6 heteroatoms. The lowest BCUT2D eigenvalue weighted by atomic mass is 9.96. The Balaban J connectivity index is 0.00000225. The average Bonchev–Trinajstić information content (AvgIpc) is 3.40. The average molecular weight is 498 g/mol. The van der Waals surface area contributed by atoms with Crippen LogP contribution in [0.1, 0.15) is 57.9 Å². The minimum atomic E-state index is 0. The predicted octanol–water partition coefficient (Wildman–Crippen LogP) is 3.92. The van der Waals surface area contributed by atoms with E-state index in [4.69, 9.17) is 9.73 Å². The minimum Gasteiger partial charge on any atom is -0.490 e. The minimum absolute atomic E-state index is 0. The highest BCUT2D eigenvalue weighted by Gasteiger charge is 2.38. The molecule has 0 amide bonds. The summed E-state index contributed by atoms with van der Waals surface area (Å²) in [7, 11) is 0. The number of hydrogen-bond donors (Lipinski definition) is 2. The topological polar surface area (TPSA) is 48.9 Å². The molecule has 1 heterocycles. The molecule has 1 aliphatic heterocycles. The van der Waals surface area contributed by atoms with Crippen molar-refractivity contribution >= 4 is 29.9 Å². The van der Waals surface area contributed by atoms with E-state index in [9.17, 15) is 0 Å². The second-order valence-electron chi connectivity index (χ2n) is 8.33. The molecule has 1 aromatic carbocycles. The molecule has 3 fully saturated rings. The summed E-state index contributed by atoms with van der Waals surface area (Å²) in [5.74, 6) is 1.92. The highest BCUT2D eigenvalue weighted by Crippen LogP contribution is 2.33. The number of para-hydroxylation sites is 1. The fourth-order valence-electron chi connectivity index (χ4n) is 4.17. The summed E-state index contributed by atoms with van der Waals surface area (Å²) in [4.78, 5) is 7.54. The molecular weight excluding hydrogens is 463 g/mol. The summed E-state index contributed by atoms with van der Waals surface area (Å²) in [5, 5.41) is 7.09. The Morgan fingerprint density at radius 2 is 2.00 bits per heavy atom. The van der Waals surface area contributed by atoms with Crippen LogP contribution in [0.4, 0.5) is 0 Å². The fourth-order valence-corrected chi connectivity index (χ4v) is 4.17. The van der Waals surface area contributed by atoms with Crippen molar-refractivity contribution in [2.75, 3.05) is 13.1 Å². The molecule has 0 spiro atoms. The third-order valence-corrected chi connectivity index (χ3v) is 6.05. The maximum absolute atomic E-state index is 6.15. The maximum atomic E-state index is 6.15. The zero-order valence-electron chi connectivity index (χ0n) is 17.2. The fraction of sp³-hybridized carbons (Fsp3) is 0.682. The van der Waals surface area contributed by atoms with Gasteiger partial charge in [0.25, 0.3) is 0 Å². The SMILES string of the molecule is CCNC(=NCc1ccccc1OC1CCC1)NC1CC(C)N(C2CC2)C1.I. The van der Waals surface area contributed by atoms with Crippen LogP contribution >= 0.6 is 24.0 Å². The first-order valence-corrected chi connectivity index (χ1v) is 10.8. The van der Waals surface area contributed by atoms with Crippen molar-refractivity contribution in [2.45, 2.75) is 83.1 Å². The van der Waals surface area contributed by atoms with Gasteiger partial charge >= 0.3 is 0 Å². The quantitative estimate of drug-likeness (QED) is 0.340. The van der Waals surface area contributed by atoms with E-state index >= 15 is 0 Å². The van der Waals surface area contributed by atoms with Gasteiger partial charge in [-0.3, -0.25) is 4.90 Å². The van der Waals surface area contributed by atoms with Crippen LogP contribution in [0.5, 0.6) is 5.75 Å². The van der Waals surface area contributed by atoms with Gasteiger partial charge in [-0.05, 0) is 58.4 Å². The summed E-state index contributed by atoms with van der Waals surface area (Å²) in [6.07, 6.45) is 8.00. The second kappa shape index (κ2) is 10.1. The number of ether oxygens (including phenoxy) is 1. The lowest BCUT2D eigenvalue weighted by Gasteiger charge is -2.27. The van der Waals surface area contributed by atoms with Crippen molar-refractivity contribution in [3.8, 4) is 5.75 Å². The van der Waals surface area contributed by atoms with Crippen LogP contribution in [-0.2, 0) is 6.54 Å². The number of hydrogen-bond acceptors (Lipinski definition) is 3. The maximum Gasteiger partial charge on any atom is 0.191 e. The number of nitrogens with one attached hydrogen (secondary N) is 2. The van der Waals surface area contributed by atoms with Gasteiger partial charge in [0.15, 0.2) is 5.96 Å². The van der Waals surface area contributed by atoms with Gasteiger partial charge in [-0.25, -0.2) is 4.99 Å². The third-order valence-electron chi connectivity index (χ3n) is 6.05. The standard InChI is InChI=1S/C22H34N4O.HI/c1-3-23-22(25-18-13-16(2)26(15-18)19-11-12-19)24-14-17-7-4-5-10-21(17)27-20-8-6-9-20;/h4-5,7,10,16,18-20H,3,6,8-9,11-15H2,1-2H3,(H2,23,24,25);1H. The smallest absolute Gasteiger partial charge is 0.191 e. The van der Waals surface area contributed by atoms with Gasteiger partial charge < -0.3 is 15.4 Å².